The molecule has 0 spiro atoms. The van der Waals surface area contributed by atoms with Crippen LogP contribution in [0.4, 0.5) is 5.69 Å². The Balaban J connectivity index is 0.00000288. The maximum Gasteiger partial charge on any atom is 0.193 e. The molecule has 1 aromatic rings. The predicted molar refractivity (Wildman–Crippen MR) is 112 cm³/mol. The molecule has 2 rings (SSSR count). The van der Waals surface area contributed by atoms with Crippen molar-refractivity contribution in [1.82, 2.24) is 9.80 Å². The number of likely N-dealkylation sites (N-methyl/N-ethyl adjacent to an activating group) is 1. The van der Waals surface area contributed by atoms with Crippen LogP contribution in [0.1, 0.15) is 6.92 Å². The molecule has 0 aromatic heterocycles. The van der Waals surface area contributed by atoms with Gasteiger partial charge in [0.25, 0.3) is 0 Å². The zero-order valence-electron chi connectivity index (χ0n) is 14.9. The molecule has 1 saturated heterocycles. The van der Waals surface area contributed by atoms with E-state index >= 15 is 0 Å². The van der Waals surface area contributed by atoms with Crippen molar-refractivity contribution in [3.05, 3.63) is 24.3 Å². The number of hydrogen-bond acceptors (Lipinski definition) is 4. The van der Waals surface area contributed by atoms with Crippen molar-refractivity contribution < 1.29 is 4.74 Å². The van der Waals surface area contributed by atoms with Crippen molar-refractivity contribution in [2.45, 2.75) is 6.92 Å². The molecule has 1 heterocycles. The van der Waals surface area contributed by atoms with E-state index in [9.17, 15) is 0 Å². The predicted octanol–water partition coefficient (Wildman–Crippen LogP) is 1.92. The van der Waals surface area contributed by atoms with Gasteiger partial charge in [-0.3, -0.25) is 4.99 Å². The van der Waals surface area contributed by atoms with Gasteiger partial charge in [-0.2, -0.15) is 0 Å². The highest BCUT2D eigenvalue weighted by atomic mass is 127. The van der Waals surface area contributed by atoms with E-state index in [4.69, 9.17) is 10.5 Å². The normalized spacial score (nSPS) is 17.9. The van der Waals surface area contributed by atoms with Gasteiger partial charge in [-0.1, -0.05) is 13.0 Å². The molecule has 1 atom stereocenters. The fourth-order valence-corrected chi connectivity index (χ4v) is 2.67. The molecule has 1 aromatic carbocycles. The zero-order chi connectivity index (χ0) is 16.7. The minimum Gasteiger partial charge on any atom is -0.497 e. The number of nitrogens with one attached hydrogen (secondary N) is 1. The summed E-state index contributed by atoms with van der Waals surface area (Å²) in [6.45, 7) is 8.61. The fraction of sp³-hybridized carbons (Fsp3) is 0.588. The molecule has 3 N–H and O–H groups in total. The lowest BCUT2D eigenvalue weighted by atomic mass is 10.1. The molecule has 24 heavy (non-hydrogen) atoms. The Morgan fingerprint density at radius 1 is 1.33 bits per heavy atom. The fourth-order valence-electron chi connectivity index (χ4n) is 2.67. The van der Waals surface area contributed by atoms with E-state index in [1.807, 2.05) is 24.3 Å². The van der Waals surface area contributed by atoms with Crippen molar-refractivity contribution in [3.8, 4) is 5.75 Å². The van der Waals surface area contributed by atoms with Gasteiger partial charge in [-0.05, 0) is 25.1 Å². The van der Waals surface area contributed by atoms with Gasteiger partial charge >= 0.3 is 0 Å². The van der Waals surface area contributed by atoms with Gasteiger partial charge in [-0.15, -0.1) is 24.0 Å². The first-order valence-corrected chi connectivity index (χ1v) is 8.18. The maximum atomic E-state index is 5.97. The summed E-state index contributed by atoms with van der Waals surface area (Å²) in [5.74, 6) is 1.73. The summed E-state index contributed by atoms with van der Waals surface area (Å²) in [7, 11) is 3.83. The summed E-state index contributed by atoms with van der Waals surface area (Å²) in [4.78, 5) is 9.34. The van der Waals surface area contributed by atoms with Gasteiger partial charge in [0.1, 0.15) is 5.75 Å². The van der Waals surface area contributed by atoms with Crippen LogP contribution < -0.4 is 15.8 Å². The van der Waals surface area contributed by atoms with Gasteiger partial charge in [0.2, 0.25) is 0 Å². The van der Waals surface area contributed by atoms with Gasteiger partial charge in [0.05, 0.1) is 7.11 Å². The van der Waals surface area contributed by atoms with Crippen LogP contribution in [-0.4, -0.2) is 69.2 Å². The van der Waals surface area contributed by atoms with Crippen LogP contribution in [0.3, 0.4) is 0 Å². The molecular formula is C17H30IN5O. The van der Waals surface area contributed by atoms with E-state index < -0.39 is 0 Å². The van der Waals surface area contributed by atoms with E-state index in [1.165, 1.54) is 0 Å². The summed E-state index contributed by atoms with van der Waals surface area (Å²) >= 11 is 0. The largest absolute Gasteiger partial charge is 0.497 e. The summed E-state index contributed by atoms with van der Waals surface area (Å²) in [6, 6.07) is 7.66. The third-order valence-corrected chi connectivity index (χ3v) is 4.08. The number of anilines is 1. The molecule has 136 valence electrons. The van der Waals surface area contributed by atoms with Crippen LogP contribution in [0, 0.1) is 5.92 Å². The molecule has 0 radical (unpaired) electrons. The summed E-state index contributed by atoms with van der Waals surface area (Å²) in [6.07, 6.45) is 0. The minimum atomic E-state index is 0. The highest BCUT2D eigenvalue weighted by Gasteiger charge is 2.15. The number of piperazine rings is 1. The number of hydrogen-bond donors (Lipinski definition) is 2. The maximum absolute atomic E-state index is 5.97. The highest BCUT2D eigenvalue weighted by molar-refractivity contribution is 14.0. The number of benzene rings is 1. The lowest BCUT2D eigenvalue weighted by Gasteiger charge is -2.33. The second-order valence-electron chi connectivity index (χ2n) is 6.29. The van der Waals surface area contributed by atoms with Crippen molar-refractivity contribution >= 4 is 35.6 Å². The SMILES string of the molecule is COc1cccc(NC(N)=NCC(C)CN2CCN(C)CC2)c1.I. The topological polar surface area (TPSA) is 66.1 Å². The standard InChI is InChI=1S/C17H29N5O.HI/c1-14(13-22-9-7-21(2)8-10-22)12-19-17(18)20-15-5-4-6-16(11-15)23-3;/h4-6,11,14H,7-10,12-13H2,1-3H3,(H3,18,19,20);1H. The van der Waals surface area contributed by atoms with Crippen molar-refractivity contribution in [2.24, 2.45) is 16.6 Å². The first-order chi connectivity index (χ1) is 11.1. The molecule has 6 nitrogen and oxygen atoms in total. The molecule has 0 bridgehead atoms. The summed E-state index contributed by atoms with van der Waals surface area (Å²) in [5.41, 5.74) is 6.86. The Morgan fingerprint density at radius 3 is 2.71 bits per heavy atom. The number of aliphatic imine (C=N–C) groups is 1. The van der Waals surface area contributed by atoms with Gasteiger partial charge in [-0.25, -0.2) is 0 Å². The number of nitrogens with zero attached hydrogens (tertiary/aromatic N) is 3. The Kier molecular flexibility index (Phi) is 9.38. The minimum absolute atomic E-state index is 0. The number of rotatable bonds is 6. The van der Waals surface area contributed by atoms with Crippen LogP contribution >= 0.6 is 24.0 Å². The van der Waals surface area contributed by atoms with E-state index in [2.05, 4.69) is 34.1 Å². The van der Waals surface area contributed by atoms with Gasteiger partial charge < -0.3 is 25.6 Å². The van der Waals surface area contributed by atoms with E-state index in [0.29, 0.717) is 11.9 Å². The van der Waals surface area contributed by atoms with E-state index in [-0.39, 0.29) is 24.0 Å². The van der Waals surface area contributed by atoms with Crippen LogP contribution in [0.2, 0.25) is 0 Å². The lowest BCUT2D eigenvalue weighted by Crippen LogP contribution is -2.46. The highest BCUT2D eigenvalue weighted by Crippen LogP contribution is 2.16. The molecule has 1 aliphatic heterocycles. The molecule has 0 aliphatic carbocycles. The number of nitrogens with two attached hydrogens (primary N) is 1. The van der Waals surface area contributed by atoms with Crippen LogP contribution in [0.5, 0.6) is 5.75 Å². The number of guanidine groups is 1. The van der Waals surface area contributed by atoms with Crippen LogP contribution in [0.15, 0.2) is 29.3 Å². The molecule has 1 unspecified atom stereocenters. The monoisotopic (exact) mass is 447 g/mol. The Labute approximate surface area is 162 Å². The average molecular weight is 447 g/mol. The first kappa shape index (κ1) is 21.0. The second kappa shape index (κ2) is 10.7. The number of ether oxygens (including phenoxy) is 1. The van der Waals surface area contributed by atoms with Crippen molar-refractivity contribution in [2.75, 3.05) is 58.7 Å². The molecule has 0 amide bonds. The second-order valence-corrected chi connectivity index (χ2v) is 6.29. The lowest BCUT2D eigenvalue weighted by molar-refractivity contribution is 0.140. The zero-order valence-corrected chi connectivity index (χ0v) is 17.2. The van der Waals surface area contributed by atoms with Gasteiger partial charge in [0.15, 0.2) is 5.96 Å². The first-order valence-electron chi connectivity index (χ1n) is 8.18. The summed E-state index contributed by atoms with van der Waals surface area (Å²) < 4.78 is 5.20. The Morgan fingerprint density at radius 2 is 2.04 bits per heavy atom. The van der Waals surface area contributed by atoms with Gasteiger partial charge in [0, 0.05) is 51.0 Å². The molecular weight excluding hydrogens is 417 g/mol. The van der Waals surface area contributed by atoms with E-state index in [0.717, 1.165) is 50.7 Å². The van der Waals surface area contributed by atoms with E-state index in [1.54, 1.807) is 7.11 Å². The molecule has 0 saturated carbocycles. The number of methoxy groups -OCH3 is 1. The number of halogens is 1. The third-order valence-electron chi connectivity index (χ3n) is 4.08. The molecule has 1 fully saturated rings. The van der Waals surface area contributed by atoms with Crippen molar-refractivity contribution in [1.29, 1.82) is 0 Å². The average Bonchev–Trinajstić information content (AvgIpc) is 2.55. The molecule has 7 heteroatoms. The third kappa shape index (κ3) is 7.23. The quantitative estimate of drug-likeness (QED) is 0.397. The van der Waals surface area contributed by atoms with Crippen molar-refractivity contribution in [3.63, 3.8) is 0 Å². The molecule has 1 aliphatic rings. The van der Waals surface area contributed by atoms with Crippen LogP contribution in [-0.2, 0) is 0 Å². The summed E-state index contributed by atoms with van der Waals surface area (Å²) in [5, 5.41) is 3.11. The van der Waals surface area contributed by atoms with Crippen LogP contribution in [0.25, 0.3) is 0 Å². The Hall–Kier alpha value is -1.06. The smallest absolute Gasteiger partial charge is 0.193 e. The Bertz CT molecular complexity index is 517.